The van der Waals surface area contributed by atoms with Crippen molar-refractivity contribution in [3.63, 3.8) is 0 Å². The van der Waals surface area contributed by atoms with Crippen LogP contribution in [0.15, 0.2) is 30.3 Å². The molecule has 2 aromatic rings. The first kappa shape index (κ1) is 17.1. The van der Waals surface area contributed by atoms with Crippen molar-refractivity contribution in [3.05, 3.63) is 45.1 Å². The molecule has 0 aliphatic heterocycles. The van der Waals surface area contributed by atoms with E-state index in [-0.39, 0.29) is 6.04 Å². The number of methoxy groups -OCH3 is 1. The van der Waals surface area contributed by atoms with Gasteiger partial charge in [0, 0.05) is 17.5 Å². The van der Waals surface area contributed by atoms with E-state index in [1.807, 2.05) is 18.2 Å². The highest BCUT2D eigenvalue weighted by molar-refractivity contribution is 7.16. The van der Waals surface area contributed by atoms with Crippen LogP contribution in [-0.4, -0.2) is 13.7 Å². The molecule has 0 saturated heterocycles. The van der Waals surface area contributed by atoms with Gasteiger partial charge in [0.1, 0.15) is 0 Å². The van der Waals surface area contributed by atoms with E-state index in [9.17, 15) is 0 Å². The fraction of sp³-hybridized carbons (Fsp3) is 0.412. The lowest BCUT2D eigenvalue weighted by Crippen LogP contribution is -2.17. The van der Waals surface area contributed by atoms with E-state index in [0.717, 1.165) is 28.8 Å². The fourth-order valence-electron chi connectivity index (χ4n) is 2.09. The maximum atomic E-state index is 5.98. The van der Waals surface area contributed by atoms with Gasteiger partial charge in [-0.15, -0.1) is 11.3 Å². The summed E-state index contributed by atoms with van der Waals surface area (Å²) in [5, 5.41) is 3.50. The van der Waals surface area contributed by atoms with Gasteiger partial charge in [-0.2, -0.15) is 0 Å². The van der Waals surface area contributed by atoms with Crippen molar-refractivity contribution in [1.29, 1.82) is 0 Å². The van der Waals surface area contributed by atoms with Crippen LogP contribution in [0.3, 0.4) is 0 Å². The van der Waals surface area contributed by atoms with Crippen LogP contribution in [0.25, 0.3) is 0 Å². The summed E-state index contributed by atoms with van der Waals surface area (Å²) in [6, 6.07) is 10.3. The Morgan fingerprint density at radius 1 is 1.23 bits per heavy atom. The zero-order valence-electron chi connectivity index (χ0n) is 13.2. The lowest BCUT2D eigenvalue weighted by molar-refractivity contribution is 0.294. The van der Waals surface area contributed by atoms with Crippen molar-refractivity contribution < 1.29 is 9.47 Å². The number of hydrogen-bond acceptors (Lipinski definition) is 4. The molecule has 1 atom stereocenters. The Bertz CT molecular complexity index is 600. The van der Waals surface area contributed by atoms with E-state index in [0.29, 0.717) is 6.61 Å². The quantitative estimate of drug-likeness (QED) is 0.730. The van der Waals surface area contributed by atoms with E-state index >= 15 is 0 Å². The molecule has 0 aliphatic rings. The van der Waals surface area contributed by atoms with Crippen LogP contribution in [0, 0.1) is 0 Å². The summed E-state index contributed by atoms with van der Waals surface area (Å²) in [6.07, 6.45) is 0.974. The van der Waals surface area contributed by atoms with Crippen LogP contribution in [0.5, 0.6) is 11.5 Å². The summed E-state index contributed by atoms with van der Waals surface area (Å²) in [5.74, 6) is 1.57. The molecule has 0 saturated carbocycles. The van der Waals surface area contributed by atoms with Crippen LogP contribution >= 0.6 is 22.9 Å². The van der Waals surface area contributed by atoms with Gasteiger partial charge >= 0.3 is 0 Å². The third-order valence-corrected chi connectivity index (χ3v) is 4.74. The largest absolute Gasteiger partial charge is 0.493 e. The van der Waals surface area contributed by atoms with E-state index < -0.39 is 0 Å². The van der Waals surface area contributed by atoms with Crippen LogP contribution in [0.2, 0.25) is 4.34 Å². The predicted octanol–water partition coefficient (Wildman–Crippen LogP) is 5.05. The zero-order chi connectivity index (χ0) is 15.9. The Hall–Kier alpha value is -1.23. The molecule has 1 aromatic carbocycles. The molecule has 120 valence electrons. The second-order valence-electron chi connectivity index (χ2n) is 5.08. The van der Waals surface area contributed by atoms with Crippen molar-refractivity contribution in [3.8, 4) is 11.5 Å². The molecule has 0 spiro atoms. The van der Waals surface area contributed by atoms with Gasteiger partial charge in [0.25, 0.3) is 0 Å². The predicted molar refractivity (Wildman–Crippen MR) is 93.4 cm³/mol. The molecule has 3 nitrogen and oxygen atoms in total. The SMILES string of the molecule is CCCOc1cc(CNC(C)c2ccc(Cl)s2)ccc1OC. The molecular formula is C17H22ClNO2S. The van der Waals surface area contributed by atoms with Gasteiger partial charge < -0.3 is 14.8 Å². The Balaban J connectivity index is 2.00. The minimum Gasteiger partial charge on any atom is -0.493 e. The molecule has 1 unspecified atom stereocenters. The average molecular weight is 340 g/mol. The normalized spacial score (nSPS) is 12.2. The fourth-order valence-corrected chi connectivity index (χ4v) is 3.18. The summed E-state index contributed by atoms with van der Waals surface area (Å²) < 4.78 is 11.9. The van der Waals surface area contributed by atoms with E-state index in [1.165, 1.54) is 10.4 Å². The topological polar surface area (TPSA) is 30.5 Å². The molecule has 22 heavy (non-hydrogen) atoms. The molecule has 1 aromatic heterocycles. The Morgan fingerprint density at radius 3 is 2.68 bits per heavy atom. The molecule has 0 fully saturated rings. The van der Waals surface area contributed by atoms with Gasteiger partial charge in [0.05, 0.1) is 18.1 Å². The Labute approximate surface area is 141 Å². The molecular weight excluding hydrogens is 318 g/mol. The number of benzene rings is 1. The molecule has 0 bridgehead atoms. The molecule has 0 aliphatic carbocycles. The standard InChI is InChI=1S/C17H22ClNO2S/c1-4-9-21-15-10-13(5-6-14(15)20-3)11-19-12(2)16-7-8-17(18)22-16/h5-8,10,12,19H,4,9,11H2,1-3H3. The molecule has 5 heteroatoms. The lowest BCUT2D eigenvalue weighted by atomic mass is 10.2. The Kier molecular flexibility index (Phi) is 6.55. The highest BCUT2D eigenvalue weighted by Gasteiger charge is 2.09. The monoisotopic (exact) mass is 339 g/mol. The van der Waals surface area contributed by atoms with E-state index in [2.05, 4.69) is 31.3 Å². The summed E-state index contributed by atoms with van der Waals surface area (Å²) in [7, 11) is 1.66. The van der Waals surface area contributed by atoms with Crippen LogP contribution in [0.1, 0.15) is 36.8 Å². The first-order chi connectivity index (χ1) is 10.6. The summed E-state index contributed by atoms with van der Waals surface area (Å²) >= 11 is 7.59. The molecule has 1 heterocycles. The lowest BCUT2D eigenvalue weighted by Gasteiger charge is -2.14. The number of rotatable bonds is 8. The smallest absolute Gasteiger partial charge is 0.161 e. The van der Waals surface area contributed by atoms with E-state index in [4.69, 9.17) is 21.1 Å². The first-order valence-corrected chi connectivity index (χ1v) is 8.61. The average Bonchev–Trinajstić information content (AvgIpc) is 2.97. The van der Waals surface area contributed by atoms with Crippen molar-refractivity contribution in [1.82, 2.24) is 5.32 Å². The maximum absolute atomic E-state index is 5.98. The molecule has 1 N–H and O–H groups in total. The summed E-state index contributed by atoms with van der Waals surface area (Å²) in [4.78, 5) is 1.24. The minimum atomic E-state index is 0.264. The molecule has 0 radical (unpaired) electrons. The van der Waals surface area contributed by atoms with Crippen LogP contribution in [-0.2, 0) is 6.54 Å². The summed E-state index contributed by atoms with van der Waals surface area (Å²) in [5.41, 5.74) is 1.17. The third kappa shape index (κ3) is 4.63. The van der Waals surface area contributed by atoms with Gasteiger partial charge in [-0.3, -0.25) is 0 Å². The number of thiophene rings is 1. The van der Waals surface area contributed by atoms with Crippen molar-refractivity contribution in [2.75, 3.05) is 13.7 Å². The molecule has 0 amide bonds. The number of hydrogen-bond donors (Lipinski definition) is 1. The van der Waals surface area contributed by atoms with Gasteiger partial charge in [-0.25, -0.2) is 0 Å². The molecule has 2 rings (SSSR count). The number of halogens is 1. The van der Waals surface area contributed by atoms with Crippen molar-refractivity contribution in [2.24, 2.45) is 0 Å². The number of nitrogens with one attached hydrogen (secondary N) is 1. The van der Waals surface area contributed by atoms with Gasteiger partial charge in [-0.05, 0) is 43.2 Å². The summed E-state index contributed by atoms with van der Waals surface area (Å²) in [6.45, 7) is 5.69. The van der Waals surface area contributed by atoms with E-state index in [1.54, 1.807) is 18.4 Å². The number of ether oxygens (including phenoxy) is 2. The van der Waals surface area contributed by atoms with Crippen LogP contribution < -0.4 is 14.8 Å². The van der Waals surface area contributed by atoms with Crippen molar-refractivity contribution >= 4 is 22.9 Å². The van der Waals surface area contributed by atoms with Gasteiger partial charge in [0.2, 0.25) is 0 Å². The highest BCUT2D eigenvalue weighted by atomic mass is 35.5. The first-order valence-electron chi connectivity index (χ1n) is 7.42. The maximum Gasteiger partial charge on any atom is 0.161 e. The third-order valence-electron chi connectivity index (χ3n) is 3.32. The second-order valence-corrected chi connectivity index (χ2v) is 6.82. The second kappa shape index (κ2) is 8.42. The highest BCUT2D eigenvalue weighted by Crippen LogP contribution is 2.29. The van der Waals surface area contributed by atoms with Crippen molar-refractivity contribution in [2.45, 2.75) is 32.9 Å². The zero-order valence-corrected chi connectivity index (χ0v) is 14.8. The van der Waals surface area contributed by atoms with Gasteiger partial charge in [0.15, 0.2) is 11.5 Å². The van der Waals surface area contributed by atoms with Crippen LogP contribution in [0.4, 0.5) is 0 Å². The minimum absolute atomic E-state index is 0.264. The Morgan fingerprint density at radius 2 is 2.05 bits per heavy atom. The van der Waals surface area contributed by atoms with Gasteiger partial charge in [-0.1, -0.05) is 24.6 Å².